The van der Waals surface area contributed by atoms with Crippen molar-refractivity contribution >= 4 is 34.7 Å². The lowest BCUT2D eigenvalue weighted by Crippen LogP contribution is -2.55. The molecule has 0 spiro atoms. The molecule has 3 aromatic rings. The number of nitrogens with zero attached hydrogens (tertiary/aromatic N) is 4. The zero-order valence-corrected chi connectivity index (χ0v) is 19.3. The van der Waals surface area contributed by atoms with Crippen LogP contribution in [-0.4, -0.2) is 51.8 Å². The van der Waals surface area contributed by atoms with Crippen LogP contribution in [0.1, 0.15) is 33.3 Å². The van der Waals surface area contributed by atoms with Crippen molar-refractivity contribution in [1.29, 1.82) is 0 Å². The number of benzene rings is 2. The Kier molecular flexibility index (Phi) is 5.84. The second-order valence-electron chi connectivity index (χ2n) is 9.05. The van der Waals surface area contributed by atoms with Gasteiger partial charge < -0.3 is 19.1 Å². The number of carbonyl (C=O) groups excluding carboxylic acids is 1. The quantitative estimate of drug-likeness (QED) is 0.562. The monoisotopic (exact) mass is 440 g/mol. The molecular formula is C24H29ClN4O2. The molecule has 0 radical (unpaired) electrons. The van der Waals surface area contributed by atoms with E-state index in [-0.39, 0.29) is 12.1 Å². The van der Waals surface area contributed by atoms with Gasteiger partial charge >= 0.3 is 6.09 Å². The average molecular weight is 441 g/mol. The SMILES string of the molecule is CC1CN(c2nc3ccccc3n2Cc2ccccc2Cl)CCN1C(=O)OC(C)(C)C. The minimum atomic E-state index is -0.503. The van der Waals surface area contributed by atoms with Crippen molar-refractivity contribution in [1.82, 2.24) is 14.5 Å². The maximum absolute atomic E-state index is 12.6. The first kappa shape index (κ1) is 21.5. The van der Waals surface area contributed by atoms with E-state index in [4.69, 9.17) is 21.3 Å². The van der Waals surface area contributed by atoms with Crippen LogP contribution in [0.25, 0.3) is 11.0 Å². The molecule has 1 aliphatic rings. The van der Waals surface area contributed by atoms with Gasteiger partial charge in [0.15, 0.2) is 0 Å². The fraction of sp³-hybridized carbons (Fsp3) is 0.417. The van der Waals surface area contributed by atoms with Crippen LogP contribution in [0.3, 0.4) is 0 Å². The van der Waals surface area contributed by atoms with Gasteiger partial charge in [-0.1, -0.05) is 41.9 Å². The van der Waals surface area contributed by atoms with Gasteiger partial charge in [-0.2, -0.15) is 0 Å². The van der Waals surface area contributed by atoms with Gasteiger partial charge in [-0.25, -0.2) is 9.78 Å². The highest BCUT2D eigenvalue weighted by Gasteiger charge is 2.32. The molecule has 1 aliphatic heterocycles. The Balaban J connectivity index is 1.62. The van der Waals surface area contributed by atoms with Crippen LogP contribution in [-0.2, 0) is 11.3 Å². The Bertz CT molecular complexity index is 1090. The molecule has 0 aliphatic carbocycles. The zero-order chi connectivity index (χ0) is 22.2. The first-order valence-electron chi connectivity index (χ1n) is 10.7. The van der Waals surface area contributed by atoms with Gasteiger partial charge in [-0.05, 0) is 51.5 Å². The molecule has 1 fully saturated rings. The molecule has 6 nitrogen and oxygen atoms in total. The van der Waals surface area contributed by atoms with Crippen LogP contribution in [0.2, 0.25) is 5.02 Å². The summed E-state index contributed by atoms with van der Waals surface area (Å²) in [5.74, 6) is 0.900. The fourth-order valence-electron chi connectivity index (χ4n) is 3.99. The number of ether oxygens (including phenoxy) is 1. The Morgan fingerprint density at radius 2 is 1.84 bits per heavy atom. The molecule has 2 aromatic carbocycles. The lowest BCUT2D eigenvalue weighted by Gasteiger charge is -2.40. The van der Waals surface area contributed by atoms with Crippen molar-refractivity contribution in [2.75, 3.05) is 24.5 Å². The first-order valence-corrected chi connectivity index (χ1v) is 11.0. The van der Waals surface area contributed by atoms with Gasteiger partial charge in [0.2, 0.25) is 5.95 Å². The van der Waals surface area contributed by atoms with Crippen LogP contribution in [0.5, 0.6) is 0 Å². The Morgan fingerprint density at radius 1 is 1.13 bits per heavy atom. The summed E-state index contributed by atoms with van der Waals surface area (Å²) in [5.41, 5.74) is 2.57. The number of carbonyl (C=O) groups is 1. The largest absolute Gasteiger partial charge is 0.444 e. The highest BCUT2D eigenvalue weighted by molar-refractivity contribution is 6.31. The predicted molar refractivity (Wildman–Crippen MR) is 125 cm³/mol. The average Bonchev–Trinajstić information content (AvgIpc) is 3.07. The third kappa shape index (κ3) is 4.64. The van der Waals surface area contributed by atoms with Crippen molar-refractivity contribution in [2.45, 2.75) is 45.9 Å². The molecule has 31 heavy (non-hydrogen) atoms. The summed E-state index contributed by atoms with van der Waals surface area (Å²) in [5, 5.41) is 0.745. The van der Waals surface area contributed by atoms with E-state index in [1.165, 1.54) is 0 Å². The second kappa shape index (κ2) is 8.42. The fourth-order valence-corrected chi connectivity index (χ4v) is 4.18. The van der Waals surface area contributed by atoms with E-state index in [2.05, 4.69) is 22.5 Å². The maximum Gasteiger partial charge on any atom is 0.410 e. The van der Waals surface area contributed by atoms with E-state index in [0.29, 0.717) is 26.2 Å². The molecule has 164 valence electrons. The number of anilines is 1. The van der Waals surface area contributed by atoms with Crippen LogP contribution in [0, 0.1) is 0 Å². The van der Waals surface area contributed by atoms with Gasteiger partial charge in [0.05, 0.1) is 17.6 Å². The van der Waals surface area contributed by atoms with Gasteiger partial charge in [0, 0.05) is 30.7 Å². The van der Waals surface area contributed by atoms with Crippen LogP contribution in [0.4, 0.5) is 10.7 Å². The number of hydrogen-bond donors (Lipinski definition) is 0. The minimum Gasteiger partial charge on any atom is -0.444 e. The molecule has 0 N–H and O–H groups in total. The van der Waals surface area contributed by atoms with E-state index >= 15 is 0 Å². The molecule has 2 heterocycles. The van der Waals surface area contributed by atoms with Crippen molar-refractivity contribution in [3.8, 4) is 0 Å². The number of hydrogen-bond acceptors (Lipinski definition) is 4. The number of aromatic nitrogens is 2. The number of rotatable bonds is 3. The van der Waals surface area contributed by atoms with E-state index in [0.717, 1.165) is 27.6 Å². The summed E-state index contributed by atoms with van der Waals surface area (Å²) in [4.78, 5) is 21.6. The number of piperazine rings is 1. The first-order chi connectivity index (χ1) is 14.7. The molecule has 1 amide bonds. The normalized spacial score (nSPS) is 17.3. The highest BCUT2D eigenvalue weighted by atomic mass is 35.5. The number of para-hydroxylation sites is 2. The van der Waals surface area contributed by atoms with Gasteiger partial charge in [-0.3, -0.25) is 0 Å². The number of amides is 1. The molecule has 1 saturated heterocycles. The smallest absolute Gasteiger partial charge is 0.410 e. The number of fused-ring (bicyclic) bond motifs is 1. The van der Waals surface area contributed by atoms with Crippen molar-refractivity contribution < 1.29 is 9.53 Å². The summed E-state index contributed by atoms with van der Waals surface area (Å²) >= 11 is 6.45. The third-order valence-electron chi connectivity index (χ3n) is 5.46. The van der Waals surface area contributed by atoms with E-state index < -0.39 is 5.60 Å². The van der Waals surface area contributed by atoms with E-state index in [1.807, 2.05) is 68.1 Å². The standard InChI is InChI=1S/C24H29ClN4O2/c1-17-15-27(13-14-28(17)23(30)31-24(2,3)4)22-26-20-11-7-8-12-21(20)29(22)16-18-9-5-6-10-19(18)25/h5-12,17H,13-16H2,1-4H3. The summed E-state index contributed by atoms with van der Waals surface area (Å²) in [6.45, 7) is 10.3. The van der Waals surface area contributed by atoms with Crippen LogP contribution >= 0.6 is 11.6 Å². The minimum absolute atomic E-state index is 0.0113. The molecule has 4 rings (SSSR count). The molecule has 1 aromatic heterocycles. The summed E-state index contributed by atoms with van der Waals surface area (Å²) in [6.07, 6.45) is -0.260. The molecule has 1 unspecified atom stereocenters. The molecule has 0 saturated carbocycles. The molecule has 7 heteroatoms. The molecule has 1 atom stereocenters. The van der Waals surface area contributed by atoms with E-state index in [9.17, 15) is 4.79 Å². The lowest BCUT2D eigenvalue weighted by molar-refractivity contribution is 0.0158. The van der Waals surface area contributed by atoms with Gasteiger partial charge in [0.1, 0.15) is 5.60 Å². The second-order valence-corrected chi connectivity index (χ2v) is 9.45. The lowest BCUT2D eigenvalue weighted by atomic mass is 10.2. The Labute approximate surface area is 188 Å². The van der Waals surface area contributed by atoms with Gasteiger partial charge in [-0.15, -0.1) is 0 Å². The van der Waals surface area contributed by atoms with E-state index in [1.54, 1.807) is 0 Å². The topological polar surface area (TPSA) is 50.6 Å². The van der Waals surface area contributed by atoms with Gasteiger partial charge in [0.25, 0.3) is 0 Å². The summed E-state index contributed by atoms with van der Waals surface area (Å²) in [7, 11) is 0. The third-order valence-corrected chi connectivity index (χ3v) is 5.83. The zero-order valence-electron chi connectivity index (χ0n) is 18.5. The number of halogens is 1. The highest BCUT2D eigenvalue weighted by Crippen LogP contribution is 2.28. The maximum atomic E-state index is 12.6. The Hall–Kier alpha value is -2.73. The van der Waals surface area contributed by atoms with Crippen LogP contribution in [0.15, 0.2) is 48.5 Å². The van der Waals surface area contributed by atoms with Crippen molar-refractivity contribution in [2.24, 2.45) is 0 Å². The Morgan fingerprint density at radius 3 is 2.55 bits per heavy atom. The summed E-state index contributed by atoms with van der Waals surface area (Å²) < 4.78 is 7.80. The van der Waals surface area contributed by atoms with Crippen molar-refractivity contribution in [3.63, 3.8) is 0 Å². The van der Waals surface area contributed by atoms with Crippen molar-refractivity contribution in [3.05, 3.63) is 59.1 Å². The van der Waals surface area contributed by atoms with Crippen LogP contribution < -0.4 is 4.90 Å². The molecular weight excluding hydrogens is 412 g/mol. The number of imidazole rings is 1. The molecule has 0 bridgehead atoms. The predicted octanol–water partition coefficient (Wildman–Crippen LogP) is 5.18. The summed E-state index contributed by atoms with van der Waals surface area (Å²) in [6, 6.07) is 16.1.